The van der Waals surface area contributed by atoms with Crippen LogP contribution in [0.15, 0.2) is 18.3 Å². The minimum atomic E-state index is -0.490. The Labute approximate surface area is 192 Å². The predicted molar refractivity (Wildman–Crippen MR) is 128 cm³/mol. The Morgan fingerprint density at radius 3 is 2.12 bits per heavy atom. The maximum Gasteiger partial charge on any atom is 0.243 e. The maximum absolute atomic E-state index is 13.5. The van der Waals surface area contributed by atoms with Crippen LogP contribution in [0.1, 0.15) is 69.8 Å². The number of nitrogens with one attached hydrogen (secondary N) is 2. The van der Waals surface area contributed by atoms with Crippen LogP contribution in [0.25, 0.3) is 0 Å². The third-order valence-corrected chi connectivity index (χ3v) is 7.15. The van der Waals surface area contributed by atoms with Crippen molar-refractivity contribution in [1.29, 1.82) is 0 Å². The normalized spacial score (nSPS) is 19.1. The van der Waals surface area contributed by atoms with E-state index in [1.54, 1.807) is 12.3 Å². The van der Waals surface area contributed by atoms with Gasteiger partial charge in [0.05, 0.1) is 6.54 Å². The van der Waals surface area contributed by atoms with Crippen molar-refractivity contribution in [3.8, 4) is 0 Å². The number of pyridine rings is 1. The third-order valence-electron chi connectivity index (χ3n) is 7.15. The number of aromatic nitrogens is 1. The monoisotopic (exact) mass is 443 g/mol. The van der Waals surface area contributed by atoms with Gasteiger partial charge in [-0.25, -0.2) is 4.98 Å². The van der Waals surface area contributed by atoms with E-state index in [-0.39, 0.29) is 24.3 Å². The number of nitrogens with zero attached hydrogens (tertiary/aromatic N) is 2. The van der Waals surface area contributed by atoms with Gasteiger partial charge < -0.3 is 21.3 Å². The zero-order valence-corrected chi connectivity index (χ0v) is 19.8. The molecular weight excluding hydrogens is 402 g/mol. The lowest BCUT2D eigenvalue weighted by Crippen LogP contribution is -2.56. The average molecular weight is 444 g/mol. The molecule has 1 aromatic rings. The second kappa shape index (κ2) is 12.2. The summed E-state index contributed by atoms with van der Waals surface area (Å²) in [5.41, 5.74) is 6.58. The van der Waals surface area contributed by atoms with E-state index >= 15 is 0 Å². The highest BCUT2D eigenvalue weighted by molar-refractivity contribution is 5.88. The van der Waals surface area contributed by atoms with E-state index in [1.807, 2.05) is 25.1 Å². The Kier molecular flexibility index (Phi) is 9.33. The SMILES string of the molecule is CN(C)CC(=O)NC(C(=O)NCc1ccc(N)nc1)C(C1CCCCC1)C1CCCCC1. The van der Waals surface area contributed by atoms with Crippen molar-refractivity contribution in [2.24, 2.45) is 17.8 Å². The van der Waals surface area contributed by atoms with Gasteiger partial charge in [0, 0.05) is 12.7 Å². The van der Waals surface area contributed by atoms with Crippen molar-refractivity contribution < 1.29 is 9.59 Å². The fourth-order valence-electron chi connectivity index (χ4n) is 5.65. The van der Waals surface area contributed by atoms with Crippen LogP contribution in [0.5, 0.6) is 0 Å². The molecule has 1 unspecified atom stereocenters. The van der Waals surface area contributed by atoms with Crippen LogP contribution >= 0.6 is 0 Å². The van der Waals surface area contributed by atoms with Gasteiger partial charge in [0.25, 0.3) is 0 Å². The standard InChI is InChI=1S/C25H41N5O2/c1-30(2)17-22(31)29-24(25(32)28-16-18-13-14-21(26)27-15-18)23(19-9-5-3-6-10-19)20-11-7-4-8-12-20/h13-15,19-20,23-24H,3-12,16-17H2,1-2H3,(H2,26,27)(H,28,32)(H,29,31). The van der Waals surface area contributed by atoms with Crippen LogP contribution < -0.4 is 16.4 Å². The zero-order valence-electron chi connectivity index (χ0n) is 19.8. The summed E-state index contributed by atoms with van der Waals surface area (Å²) in [6.07, 6.45) is 13.8. The Balaban J connectivity index is 1.80. The van der Waals surface area contributed by atoms with Gasteiger partial charge in [0.2, 0.25) is 11.8 Å². The lowest BCUT2D eigenvalue weighted by molar-refractivity contribution is -0.132. The van der Waals surface area contributed by atoms with Crippen LogP contribution in [0, 0.1) is 17.8 Å². The summed E-state index contributed by atoms with van der Waals surface area (Å²) in [7, 11) is 3.75. The van der Waals surface area contributed by atoms with Gasteiger partial charge in [-0.1, -0.05) is 70.3 Å². The highest BCUT2D eigenvalue weighted by atomic mass is 16.2. The van der Waals surface area contributed by atoms with Crippen molar-refractivity contribution in [2.75, 3.05) is 26.4 Å². The first-order valence-electron chi connectivity index (χ1n) is 12.4. The number of nitrogen functional groups attached to an aromatic ring is 1. The molecular formula is C25H41N5O2. The van der Waals surface area contributed by atoms with Crippen LogP contribution in [-0.4, -0.2) is 48.4 Å². The molecule has 2 amide bonds. The van der Waals surface area contributed by atoms with Gasteiger partial charge in [0.15, 0.2) is 0 Å². The summed E-state index contributed by atoms with van der Waals surface area (Å²) in [5.74, 6) is 1.51. The van der Waals surface area contributed by atoms with Gasteiger partial charge in [-0.2, -0.15) is 0 Å². The Hall–Kier alpha value is -2.15. The average Bonchev–Trinajstić information content (AvgIpc) is 2.79. The summed E-state index contributed by atoms with van der Waals surface area (Å²) in [6, 6.07) is 3.13. The maximum atomic E-state index is 13.5. The molecule has 2 fully saturated rings. The van der Waals surface area contributed by atoms with E-state index in [0.717, 1.165) is 31.2 Å². The van der Waals surface area contributed by atoms with Crippen LogP contribution in [0.3, 0.4) is 0 Å². The molecule has 0 spiro atoms. The number of likely N-dealkylation sites (N-methyl/N-ethyl adjacent to an activating group) is 1. The number of amides is 2. The van der Waals surface area contributed by atoms with E-state index in [2.05, 4.69) is 15.6 Å². The highest BCUT2D eigenvalue weighted by Crippen LogP contribution is 2.41. The molecule has 0 bridgehead atoms. The largest absolute Gasteiger partial charge is 0.384 e. The molecule has 0 aromatic carbocycles. The summed E-state index contributed by atoms with van der Waals surface area (Å²) < 4.78 is 0. The molecule has 2 aliphatic carbocycles. The molecule has 1 atom stereocenters. The minimum absolute atomic E-state index is 0.0740. The molecule has 2 aliphatic rings. The third kappa shape index (κ3) is 7.19. The minimum Gasteiger partial charge on any atom is -0.384 e. The first-order chi connectivity index (χ1) is 15.4. The smallest absolute Gasteiger partial charge is 0.243 e. The van der Waals surface area contributed by atoms with Crippen molar-refractivity contribution in [2.45, 2.75) is 76.8 Å². The van der Waals surface area contributed by atoms with Crippen molar-refractivity contribution in [1.82, 2.24) is 20.5 Å². The number of anilines is 1. The Morgan fingerprint density at radius 2 is 1.62 bits per heavy atom. The highest BCUT2D eigenvalue weighted by Gasteiger charge is 2.40. The van der Waals surface area contributed by atoms with Gasteiger partial charge in [-0.3, -0.25) is 9.59 Å². The lowest BCUT2D eigenvalue weighted by Gasteiger charge is -2.42. The number of nitrogens with two attached hydrogens (primary N) is 1. The topological polar surface area (TPSA) is 100 Å². The molecule has 7 nitrogen and oxygen atoms in total. The van der Waals surface area contributed by atoms with Gasteiger partial charge in [0.1, 0.15) is 11.9 Å². The number of carbonyl (C=O) groups is 2. The number of hydrogen-bond acceptors (Lipinski definition) is 5. The molecule has 2 saturated carbocycles. The van der Waals surface area contributed by atoms with Gasteiger partial charge in [-0.15, -0.1) is 0 Å². The van der Waals surface area contributed by atoms with E-state index in [1.165, 1.54) is 38.5 Å². The Morgan fingerprint density at radius 1 is 1.03 bits per heavy atom. The van der Waals surface area contributed by atoms with Crippen molar-refractivity contribution in [3.63, 3.8) is 0 Å². The second-order valence-corrected chi connectivity index (χ2v) is 9.97. The summed E-state index contributed by atoms with van der Waals surface area (Å²) in [4.78, 5) is 32.3. The fourth-order valence-corrected chi connectivity index (χ4v) is 5.65. The van der Waals surface area contributed by atoms with E-state index in [0.29, 0.717) is 24.2 Å². The van der Waals surface area contributed by atoms with Crippen molar-refractivity contribution in [3.05, 3.63) is 23.9 Å². The number of carbonyl (C=O) groups excluding carboxylic acids is 2. The lowest BCUT2D eigenvalue weighted by atomic mass is 9.66. The molecule has 0 aliphatic heterocycles. The molecule has 4 N–H and O–H groups in total. The van der Waals surface area contributed by atoms with Crippen LogP contribution in [0.2, 0.25) is 0 Å². The Bertz CT molecular complexity index is 706. The number of hydrogen-bond donors (Lipinski definition) is 3. The molecule has 178 valence electrons. The van der Waals surface area contributed by atoms with Crippen LogP contribution in [-0.2, 0) is 16.1 Å². The number of rotatable bonds is 9. The van der Waals surface area contributed by atoms with Crippen LogP contribution in [0.4, 0.5) is 5.82 Å². The first-order valence-corrected chi connectivity index (χ1v) is 12.4. The quantitative estimate of drug-likeness (QED) is 0.544. The molecule has 3 rings (SSSR count). The van der Waals surface area contributed by atoms with E-state index in [4.69, 9.17) is 5.73 Å². The van der Waals surface area contributed by atoms with E-state index < -0.39 is 6.04 Å². The summed E-state index contributed by atoms with van der Waals surface area (Å²) >= 11 is 0. The summed E-state index contributed by atoms with van der Waals surface area (Å²) in [5, 5.41) is 6.25. The fraction of sp³-hybridized carbons (Fsp3) is 0.720. The molecule has 1 heterocycles. The molecule has 1 aromatic heterocycles. The first kappa shape index (κ1) is 24.5. The predicted octanol–water partition coefficient (Wildman–Crippen LogP) is 3.10. The van der Waals surface area contributed by atoms with Gasteiger partial charge >= 0.3 is 0 Å². The molecule has 0 saturated heterocycles. The molecule has 32 heavy (non-hydrogen) atoms. The second-order valence-electron chi connectivity index (χ2n) is 9.97. The molecule has 0 radical (unpaired) electrons. The van der Waals surface area contributed by atoms with Gasteiger partial charge in [-0.05, 0) is 43.5 Å². The zero-order chi connectivity index (χ0) is 22.9. The molecule has 7 heteroatoms. The summed E-state index contributed by atoms with van der Waals surface area (Å²) in [6.45, 7) is 0.669. The van der Waals surface area contributed by atoms with Crippen molar-refractivity contribution >= 4 is 17.6 Å². The van der Waals surface area contributed by atoms with E-state index in [9.17, 15) is 9.59 Å².